The monoisotopic (exact) mass is 252 g/mol. The molecule has 0 radical (unpaired) electrons. The minimum atomic E-state index is -0.185. The van der Waals surface area contributed by atoms with Crippen molar-refractivity contribution in [1.29, 1.82) is 0 Å². The second kappa shape index (κ2) is 4.75. The van der Waals surface area contributed by atoms with Gasteiger partial charge in [0.1, 0.15) is 5.88 Å². The lowest BCUT2D eigenvalue weighted by Crippen LogP contribution is -2.35. The van der Waals surface area contributed by atoms with Crippen LogP contribution in [0.3, 0.4) is 0 Å². The molecule has 4 nitrogen and oxygen atoms in total. The van der Waals surface area contributed by atoms with Crippen molar-refractivity contribution in [2.24, 2.45) is 0 Å². The molecule has 17 heavy (non-hydrogen) atoms. The molecule has 0 aromatic heterocycles. The summed E-state index contributed by atoms with van der Waals surface area (Å²) < 4.78 is 0. The highest BCUT2D eigenvalue weighted by Crippen LogP contribution is 2.25. The van der Waals surface area contributed by atoms with Gasteiger partial charge in [-0.25, -0.2) is 0 Å². The Morgan fingerprint density at radius 3 is 3.00 bits per heavy atom. The zero-order valence-corrected chi connectivity index (χ0v) is 10.3. The van der Waals surface area contributed by atoms with E-state index >= 15 is 0 Å². The number of rotatable bonds is 1. The van der Waals surface area contributed by atoms with Gasteiger partial charge in [0.2, 0.25) is 5.91 Å². The van der Waals surface area contributed by atoms with Gasteiger partial charge in [-0.05, 0) is 18.6 Å². The van der Waals surface area contributed by atoms with Gasteiger partial charge < -0.3 is 10.2 Å². The number of hydrogen-bond donors (Lipinski definition) is 1. The molecular formula is C12H13ClN2O2. The van der Waals surface area contributed by atoms with Crippen LogP contribution in [0.1, 0.15) is 15.9 Å². The number of nitrogens with zero attached hydrogens (tertiary/aromatic N) is 1. The number of hydrogen-bond acceptors (Lipinski definition) is 2. The van der Waals surface area contributed by atoms with Crippen LogP contribution < -0.4 is 10.2 Å². The SMILES string of the molecule is Cc1cccc2c1C(=O)NCCN2C(=O)CCl. The van der Waals surface area contributed by atoms with E-state index in [4.69, 9.17) is 11.6 Å². The molecule has 1 aliphatic heterocycles. The zero-order valence-electron chi connectivity index (χ0n) is 9.50. The normalized spacial score (nSPS) is 14.9. The fourth-order valence-electron chi connectivity index (χ4n) is 1.99. The molecule has 90 valence electrons. The molecule has 2 amide bonds. The summed E-state index contributed by atoms with van der Waals surface area (Å²) in [5, 5.41) is 2.77. The number of alkyl halides is 1. The molecular weight excluding hydrogens is 240 g/mol. The molecule has 5 heteroatoms. The van der Waals surface area contributed by atoms with Crippen LogP contribution in [-0.4, -0.2) is 30.8 Å². The number of carbonyl (C=O) groups excluding carboxylic acids is 2. The topological polar surface area (TPSA) is 49.4 Å². The first-order valence-corrected chi connectivity index (χ1v) is 5.92. The van der Waals surface area contributed by atoms with Gasteiger partial charge in [0.05, 0.1) is 11.3 Å². The van der Waals surface area contributed by atoms with Gasteiger partial charge in [-0.2, -0.15) is 0 Å². The molecule has 1 aromatic rings. The summed E-state index contributed by atoms with van der Waals surface area (Å²) in [5.74, 6) is -0.403. The van der Waals surface area contributed by atoms with Crippen molar-refractivity contribution in [2.45, 2.75) is 6.92 Å². The van der Waals surface area contributed by atoms with Gasteiger partial charge in [0.25, 0.3) is 5.91 Å². The Labute approximate surface area is 105 Å². The Kier molecular flexibility index (Phi) is 3.33. The minimum Gasteiger partial charge on any atom is -0.350 e. The third-order valence-corrected chi connectivity index (χ3v) is 3.03. The Morgan fingerprint density at radius 1 is 1.53 bits per heavy atom. The van der Waals surface area contributed by atoms with Crippen LogP contribution >= 0.6 is 11.6 Å². The Bertz CT molecular complexity index is 474. The van der Waals surface area contributed by atoms with Crippen LogP contribution in [0.4, 0.5) is 5.69 Å². The third kappa shape index (κ3) is 2.13. The highest BCUT2D eigenvalue weighted by molar-refractivity contribution is 6.29. The van der Waals surface area contributed by atoms with Gasteiger partial charge in [-0.15, -0.1) is 11.6 Å². The maximum Gasteiger partial charge on any atom is 0.253 e. The highest BCUT2D eigenvalue weighted by atomic mass is 35.5. The van der Waals surface area contributed by atoms with Crippen LogP contribution in [0.2, 0.25) is 0 Å². The Balaban J connectivity index is 2.55. The number of aryl methyl sites for hydroxylation is 1. The second-order valence-corrected chi connectivity index (χ2v) is 4.17. The van der Waals surface area contributed by atoms with Gasteiger partial charge in [0, 0.05) is 13.1 Å². The van der Waals surface area contributed by atoms with Crippen molar-refractivity contribution < 1.29 is 9.59 Å². The fourth-order valence-corrected chi connectivity index (χ4v) is 2.14. The average Bonchev–Trinajstić information content (AvgIpc) is 2.49. The molecule has 0 aliphatic carbocycles. The largest absolute Gasteiger partial charge is 0.350 e. The minimum absolute atomic E-state index is 0.0818. The molecule has 1 N–H and O–H groups in total. The third-order valence-electron chi connectivity index (χ3n) is 2.80. The molecule has 1 aromatic carbocycles. The van der Waals surface area contributed by atoms with Crippen LogP contribution in [0.15, 0.2) is 18.2 Å². The number of anilines is 1. The molecule has 1 heterocycles. The summed E-state index contributed by atoms with van der Waals surface area (Å²) in [7, 11) is 0. The zero-order chi connectivity index (χ0) is 12.4. The number of carbonyl (C=O) groups is 2. The van der Waals surface area contributed by atoms with Crippen molar-refractivity contribution in [3.8, 4) is 0 Å². The summed E-state index contributed by atoms with van der Waals surface area (Å²) in [4.78, 5) is 25.2. The van der Waals surface area contributed by atoms with Crippen molar-refractivity contribution >= 4 is 29.1 Å². The molecule has 0 spiro atoms. The number of nitrogens with one attached hydrogen (secondary N) is 1. The van der Waals surface area contributed by atoms with E-state index in [-0.39, 0.29) is 17.7 Å². The Morgan fingerprint density at radius 2 is 2.29 bits per heavy atom. The average molecular weight is 253 g/mol. The first kappa shape index (κ1) is 11.9. The summed E-state index contributed by atoms with van der Waals surface area (Å²) in [6.45, 7) is 2.75. The summed E-state index contributed by atoms with van der Waals surface area (Å²) >= 11 is 5.58. The van der Waals surface area contributed by atoms with Crippen molar-refractivity contribution in [1.82, 2.24) is 5.32 Å². The smallest absolute Gasteiger partial charge is 0.253 e. The lowest BCUT2D eigenvalue weighted by atomic mass is 10.1. The molecule has 0 fully saturated rings. The molecule has 0 atom stereocenters. The summed E-state index contributed by atoms with van der Waals surface area (Å²) in [6.07, 6.45) is 0. The summed E-state index contributed by atoms with van der Waals surface area (Å²) in [5.41, 5.74) is 2.06. The van der Waals surface area contributed by atoms with E-state index in [0.29, 0.717) is 24.3 Å². The molecule has 1 aliphatic rings. The van der Waals surface area contributed by atoms with Crippen molar-refractivity contribution in [3.63, 3.8) is 0 Å². The fraction of sp³-hybridized carbons (Fsp3) is 0.333. The number of fused-ring (bicyclic) bond motifs is 1. The van der Waals surface area contributed by atoms with Gasteiger partial charge in [-0.1, -0.05) is 12.1 Å². The number of halogens is 1. The molecule has 0 saturated heterocycles. The first-order chi connectivity index (χ1) is 8.15. The van der Waals surface area contributed by atoms with Crippen LogP contribution in [0.5, 0.6) is 0 Å². The second-order valence-electron chi connectivity index (χ2n) is 3.90. The number of benzene rings is 1. The molecule has 0 saturated carbocycles. The predicted molar refractivity (Wildman–Crippen MR) is 66.6 cm³/mol. The standard InChI is InChI=1S/C12H13ClN2O2/c1-8-3-2-4-9-11(8)12(17)14-5-6-15(9)10(16)7-13/h2-4H,5-7H2,1H3,(H,14,17). The van der Waals surface area contributed by atoms with E-state index in [1.165, 1.54) is 0 Å². The van der Waals surface area contributed by atoms with Crippen molar-refractivity contribution in [2.75, 3.05) is 23.9 Å². The van der Waals surface area contributed by atoms with E-state index in [0.717, 1.165) is 5.56 Å². The summed E-state index contributed by atoms with van der Waals surface area (Å²) in [6, 6.07) is 5.46. The maximum absolute atomic E-state index is 11.9. The van der Waals surface area contributed by atoms with Crippen LogP contribution in [-0.2, 0) is 4.79 Å². The maximum atomic E-state index is 11.9. The molecule has 2 rings (SSSR count). The van der Waals surface area contributed by atoms with Crippen LogP contribution in [0.25, 0.3) is 0 Å². The van der Waals surface area contributed by atoms with Crippen molar-refractivity contribution in [3.05, 3.63) is 29.3 Å². The van der Waals surface area contributed by atoms with E-state index in [2.05, 4.69) is 5.32 Å². The van der Waals surface area contributed by atoms with Crippen LogP contribution in [0, 0.1) is 6.92 Å². The lowest BCUT2D eigenvalue weighted by molar-refractivity contribution is -0.116. The van der Waals surface area contributed by atoms with Gasteiger partial charge in [0.15, 0.2) is 0 Å². The number of amides is 2. The van der Waals surface area contributed by atoms with E-state index in [1.807, 2.05) is 19.1 Å². The molecule has 0 bridgehead atoms. The van der Waals surface area contributed by atoms with Gasteiger partial charge >= 0.3 is 0 Å². The van der Waals surface area contributed by atoms with E-state index < -0.39 is 0 Å². The van der Waals surface area contributed by atoms with E-state index in [1.54, 1.807) is 11.0 Å². The van der Waals surface area contributed by atoms with Gasteiger partial charge in [-0.3, -0.25) is 9.59 Å². The first-order valence-electron chi connectivity index (χ1n) is 5.39. The predicted octanol–water partition coefficient (Wildman–Crippen LogP) is 1.31. The lowest BCUT2D eigenvalue weighted by Gasteiger charge is -2.21. The molecule has 0 unspecified atom stereocenters. The quantitative estimate of drug-likeness (QED) is 0.767. The highest BCUT2D eigenvalue weighted by Gasteiger charge is 2.25. The van der Waals surface area contributed by atoms with E-state index in [9.17, 15) is 9.59 Å². The Hall–Kier alpha value is -1.55.